The summed E-state index contributed by atoms with van der Waals surface area (Å²) in [6.07, 6.45) is 1.32. The molecule has 2 nitrogen and oxygen atoms in total. The normalized spacial score (nSPS) is 28.0. The summed E-state index contributed by atoms with van der Waals surface area (Å²) in [6.45, 7) is 5.14. The first-order chi connectivity index (χ1) is 10.0. The maximum atomic E-state index is 12.6. The SMILES string of the molecule is CC1SCC(C(=O)Cc2cc(Cl)cc3c2OCC3)SC1C. The molecule has 0 N–H and O–H groups in total. The average molecular weight is 343 g/mol. The minimum atomic E-state index is 0.0947. The summed E-state index contributed by atoms with van der Waals surface area (Å²) in [7, 11) is 0. The third-order valence-corrected chi connectivity index (χ3v) is 7.76. The lowest BCUT2D eigenvalue weighted by Crippen LogP contribution is -2.32. The van der Waals surface area contributed by atoms with Crippen LogP contribution in [0.2, 0.25) is 5.02 Å². The van der Waals surface area contributed by atoms with Crippen LogP contribution < -0.4 is 4.74 Å². The van der Waals surface area contributed by atoms with Crippen LogP contribution in [0.1, 0.15) is 25.0 Å². The van der Waals surface area contributed by atoms with E-state index in [-0.39, 0.29) is 5.25 Å². The lowest BCUT2D eigenvalue weighted by atomic mass is 10.0. The van der Waals surface area contributed by atoms with E-state index in [0.29, 0.717) is 34.3 Å². The van der Waals surface area contributed by atoms with Crippen molar-refractivity contribution >= 4 is 40.9 Å². The van der Waals surface area contributed by atoms with Crippen molar-refractivity contribution in [3.8, 4) is 5.75 Å². The second-order valence-electron chi connectivity index (χ2n) is 5.66. The molecule has 5 heteroatoms. The minimum Gasteiger partial charge on any atom is -0.493 e. The molecular weight excluding hydrogens is 324 g/mol. The molecule has 2 aliphatic heterocycles. The Kier molecular flexibility index (Phi) is 4.77. The molecular formula is C16H19ClO2S2. The maximum Gasteiger partial charge on any atom is 0.151 e. The molecule has 2 aliphatic rings. The Labute approximate surface area is 139 Å². The fourth-order valence-corrected chi connectivity index (χ4v) is 5.88. The summed E-state index contributed by atoms with van der Waals surface area (Å²) < 4.78 is 5.69. The molecule has 0 radical (unpaired) electrons. The van der Waals surface area contributed by atoms with Crippen molar-refractivity contribution in [2.45, 2.75) is 42.4 Å². The summed E-state index contributed by atoms with van der Waals surface area (Å²) in [6, 6.07) is 3.84. The van der Waals surface area contributed by atoms with Crippen molar-refractivity contribution in [3.63, 3.8) is 0 Å². The van der Waals surface area contributed by atoms with Crippen LogP contribution in [-0.4, -0.2) is 33.9 Å². The van der Waals surface area contributed by atoms with Crippen molar-refractivity contribution in [1.82, 2.24) is 0 Å². The Hall–Kier alpha value is -0.320. The van der Waals surface area contributed by atoms with E-state index in [1.165, 1.54) is 0 Å². The maximum absolute atomic E-state index is 12.6. The smallest absolute Gasteiger partial charge is 0.151 e. The number of benzene rings is 1. The van der Waals surface area contributed by atoms with E-state index in [1.54, 1.807) is 0 Å². The Morgan fingerprint density at radius 2 is 2.19 bits per heavy atom. The molecule has 114 valence electrons. The van der Waals surface area contributed by atoms with Gasteiger partial charge in [0, 0.05) is 39.7 Å². The van der Waals surface area contributed by atoms with Gasteiger partial charge in [-0.25, -0.2) is 0 Å². The van der Waals surface area contributed by atoms with Gasteiger partial charge in [0.05, 0.1) is 11.9 Å². The molecule has 0 spiro atoms. The van der Waals surface area contributed by atoms with Crippen molar-refractivity contribution in [1.29, 1.82) is 0 Å². The molecule has 0 saturated carbocycles. The van der Waals surface area contributed by atoms with Crippen LogP contribution >= 0.6 is 35.1 Å². The number of hydrogen-bond acceptors (Lipinski definition) is 4. The highest BCUT2D eigenvalue weighted by atomic mass is 35.5. The van der Waals surface area contributed by atoms with Crippen LogP contribution in [0.15, 0.2) is 12.1 Å². The van der Waals surface area contributed by atoms with Gasteiger partial charge in [-0.2, -0.15) is 11.8 Å². The van der Waals surface area contributed by atoms with Crippen molar-refractivity contribution in [3.05, 3.63) is 28.3 Å². The summed E-state index contributed by atoms with van der Waals surface area (Å²) >= 11 is 9.88. The number of carbonyl (C=O) groups is 1. The summed E-state index contributed by atoms with van der Waals surface area (Å²) in [5.74, 6) is 2.10. The van der Waals surface area contributed by atoms with Crippen LogP contribution in [0.5, 0.6) is 5.75 Å². The third kappa shape index (κ3) is 3.38. The molecule has 0 aliphatic carbocycles. The van der Waals surface area contributed by atoms with Gasteiger partial charge in [-0.1, -0.05) is 25.4 Å². The van der Waals surface area contributed by atoms with Gasteiger partial charge in [0.25, 0.3) is 0 Å². The Bertz CT molecular complexity index is 561. The number of ether oxygens (including phenoxy) is 1. The second-order valence-corrected chi connectivity index (χ2v) is 9.09. The zero-order chi connectivity index (χ0) is 15.0. The van der Waals surface area contributed by atoms with Gasteiger partial charge in [-0.3, -0.25) is 4.79 Å². The molecule has 1 fully saturated rings. The van der Waals surface area contributed by atoms with E-state index in [0.717, 1.165) is 29.1 Å². The van der Waals surface area contributed by atoms with Crippen LogP contribution in [0.25, 0.3) is 0 Å². The number of rotatable bonds is 3. The van der Waals surface area contributed by atoms with Crippen LogP contribution in [0.3, 0.4) is 0 Å². The zero-order valence-corrected chi connectivity index (χ0v) is 14.6. The first-order valence-electron chi connectivity index (χ1n) is 7.28. The number of Topliss-reactive ketones (excluding diaryl/α,β-unsaturated/α-hetero) is 1. The monoisotopic (exact) mass is 342 g/mol. The molecule has 3 rings (SSSR count). The highest BCUT2D eigenvalue weighted by molar-refractivity contribution is 8.08. The number of carbonyl (C=O) groups excluding carboxylic acids is 1. The molecule has 21 heavy (non-hydrogen) atoms. The number of ketones is 1. The molecule has 1 aromatic carbocycles. The molecule has 0 aromatic heterocycles. The van der Waals surface area contributed by atoms with E-state index in [4.69, 9.17) is 16.3 Å². The van der Waals surface area contributed by atoms with Crippen LogP contribution in [0, 0.1) is 0 Å². The van der Waals surface area contributed by atoms with Crippen molar-refractivity contribution < 1.29 is 9.53 Å². The van der Waals surface area contributed by atoms with Gasteiger partial charge in [0.1, 0.15) is 5.75 Å². The quantitative estimate of drug-likeness (QED) is 0.829. The van der Waals surface area contributed by atoms with Gasteiger partial charge in [0.15, 0.2) is 5.78 Å². The van der Waals surface area contributed by atoms with Gasteiger partial charge < -0.3 is 4.74 Å². The van der Waals surface area contributed by atoms with E-state index >= 15 is 0 Å². The number of fused-ring (bicyclic) bond motifs is 1. The summed E-state index contributed by atoms with van der Waals surface area (Å²) in [5.41, 5.74) is 2.09. The molecule has 0 amide bonds. The van der Waals surface area contributed by atoms with E-state index in [2.05, 4.69) is 13.8 Å². The Morgan fingerprint density at radius 1 is 1.38 bits per heavy atom. The minimum absolute atomic E-state index is 0.0947. The zero-order valence-electron chi connectivity index (χ0n) is 12.2. The van der Waals surface area contributed by atoms with Gasteiger partial charge in [0.2, 0.25) is 0 Å². The second kappa shape index (κ2) is 6.43. The molecule has 3 atom stereocenters. The van der Waals surface area contributed by atoms with Crippen LogP contribution in [-0.2, 0) is 17.6 Å². The van der Waals surface area contributed by atoms with E-state index in [1.807, 2.05) is 35.7 Å². The van der Waals surface area contributed by atoms with Crippen molar-refractivity contribution in [2.24, 2.45) is 0 Å². The largest absolute Gasteiger partial charge is 0.493 e. The number of thioether (sulfide) groups is 2. The highest BCUT2D eigenvalue weighted by Gasteiger charge is 2.31. The van der Waals surface area contributed by atoms with Crippen LogP contribution in [0.4, 0.5) is 0 Å². The Balaban J connectivity index is 1.74. The lowest BCUT2D eigenvalue weighted by molar-refractivity contribution is -0.117. The van der Waals surface area contributed by atoms with Gasteiger partial charge in [-0.15, -0.1) is 11.8 Å². The number of halogens is 1. The third-order valence-electron chi connectivity index (χ3n) is 4.10. The fraction of sp³-hybridized carbons (Fsp3) is 0.562. The molecule has 3 unspecified atom stereocenters. The lowest BCUT2D eigenvalue weighted by Gasteiger charge is -2.30. The summed E-state index contributed by atoms with van der Waals surface area (Å²) in [4.78, 5) is 12.6. The van der Waals surface area contributed by atoms with E-state index in [9.17, 15) is 4.79 Å². The standard InChI is InChI=1S/C16H19ClO2S2/c1-9-10(2)21-15(8-20-9)14(18)7-12-6-13(17)5-11-3-4-19-16(11)12/h5-6,9-10,15H,3-4,7-8H2,1-2H3. The predicted molar refractivity (Wildman–Crippen MR) is 92.1 cm³/mol. The number of hydrogen-bond donors (Lipinski definition) is 0. The highest BCUT2D eigenvalue weighted by Crippen LogP contribution is 2.38. The van der Waals surface area contributed by atoms with E-state index < -0.39 is 0 Å². The molecule has 1 saturated heterocycles. The molecule has 1 aromatic rings. The predicted octanol–water partition coefficient (Wildman–Crippen LogP) is 4.01. The molecule has 2 heterocycles. The van der Waals surface area contributed by atoms with Gasteiger partial charge >= 0.3 is 0 Å². The Morgan fingerprint density at radius 3 is 2.95 bits per heavy atom. The first-order valence-corrected chi connectivity index (χ1v) is 9.65. The van der Waals surface area contributed by atoms with Gasteiger partial charge in [-0.05, 0) is 17.7 Å². The molecule has 0 bridgehead atoms. The first kappa shape index (κ1) is 15.6. The van der Waals surface area contributed by atoms with Crippen molar-refractivity contribution in [2.75, 3.05) is 12.4 Å². The topological polar surface area (TPSA) is 26.3 Å². The summed E-state index contributed by atoms with van der Waals surface area (Å²) in [5, 5.41) is 1.95. The fourth-order valence-electron chi connectivity index (χ4n) is 2.73. The average Bonchev–Trinajstić information content (AvgIpc) is 2.90.